The van der Waals surface area contributed by atoms with E-state index in [-0.39, 0.29) is 5.82 Å². The van der Waals surface area contributed by atoms with Gasteiger partial charge < -0.3 is 10.1 Å². The van der Waals surface area contributed by atoms with E-state index >= 15 is 0 Å². The second kappa shape index (κ2) is 7.56. The molecule has 1 unspecified atom stereocenters. The lowest BCUT2D eigenvalue weighted by Gasteiger charge is -2.26. The molecule has 0 saturated carbocycles. The van der Waals surface area contributed by atoms with Crippen molar-refractivity contribution in [2.45, 2.75) is 25.2 Å². The van der Waals surface area contributed by atoms with E-state index in [4.69, 9.17) is 4.74 Å². The van der Waals surface area contributed by atoms with E-state index in [2.05, 4.69) is 22.4 Å². The van der Waals surface area contributed by atoms with E-state index in [1.807, 2.05) is 24.4 Å². The van der Waals surface area contributed by atoms with Gasteiger partial charge >= 0.3 is 0 Å². The number of nitrogens with one attached hydrogen (secondary N) is 1. The molecule has 1 N–H and O–H groups in total. The van der Waals surface area contributed by atoms with Crippen LogP contribution < -0.4 is 10.1 Å². The quantitative estimate of drug-likeness (QED) is 0.657. The summed E-state index contributed by atoms with van der Waals surface area (Å²) in [5.41, 5.74) is 3.74. The van der Waals surface area contributed by atoms with Gasteiger partial charge in [-0.05, 0) is 66.8 Å². The van der Waals surface area contributed by atoms with Gasteiger partial charge in [0.05, 0.1) is 5.69 Å². The van der Waals surface area contributed by atoms with E-state index in [0.29, 0.717) is 11.7 Å². The van der Waals surface area contributed by atoms with Crippen LogP contribution in [0.2, 0.25) is 0 Å². The fourth-order valence-electron chi connectivity index (χ4n) is 3.54. The van der Waals surface area contributed by atoms with Gasteiger partial charge in [-0.1, -0.05) is 12.1 Å². The molecule has 3 aromatic rings. The molecule has 4 heteroatoms. The minimum atomic E-state index is -0.290. The largest absolute Gasteiger partial charge is 0.457 e. The normalized spacial score (nSPS) is 16.0. The van der Waals surface area contributed by atoms with E-state index in [9.17, 15) is 4.39 Å². The molecule has 1 atom stereocenters. The van der Waals surface area contributed by atoms with Gasteiger partial charge in [0.1, 0.15) is 17.3 Å². The van der Waals surface area contributed by atoms with Crippen molar-refractivity contribution in [1.29, 1.82) is 0 Å². The third-order valence-corrected chi connectivity index (χ3v) is 4.80. The summed E-state index contributed by atoms with van der Waals surface area (Å²) in [5.74, 6) is 1.47. The maximum atomic E-state index is 13.3. The van der Waals surface area contributed by atoms with Crippen LogP contribution >= 0.6 is 0 Å². The Balaban J connectivity index is 1.48. The molecule has 1 aliphatic carbocycles. The van der Waals surface area contributed by atoms with Crippen molar-refractivity contribution in [3.63, 3.8) is 0 Å². The summed E-state index contributed by atoms with van der Waals surface area (Å²) in [4.78, 5) is 4.14. The van der Waals surface area contributed by atoms with Gasteiger partial charge in [0, 0.05) is 30.9 Å². The zero-order valence-corrected chi connectivity index (χ0v) is 14.5. The average Bonchev–Trinajstić information content (AvgIpc) is 2.67. The number of aromatic nitrogens is 1. The highest BCUT2D eigenvalue weighted by atomic mass is 19.1. The molecule has 4 rings (SSSR count). The molecule has 0 saturated heterocycles. The van der Waals surface area contributed by atoms with Crippen LogP contribution in [0.3, 0.4) is 0 Å². The van der Waals surface area contributed by atoms with E-state index < -0.39 is 0 Å². The van der Waals surface area contributed by atoms with Crippen LogP contribution in [0.1, 0.15) is 29.9 Å². The van der Waals surface area contributed by atoms with Crippen molar-refractivity contribution in [2.24, 2.45) is 0 Å². The first-order valence-electron chi connectivity index (χ1n) is 8.98. The predicted octanol–water partition coefficient (Wildman–Crippen LogP) is 5.55. The van der Waals surface area contributed by atoms with Crippen LogP contribution in [0.25, 0.3) is 0 Å². The maximum Gasteiger partial charge on any atom is 0.130 e. The maximum absolute atomic E-state index is 13.3. The smallest absolute Gasteiger partial charge is 0.130 e. The van der Waals surface area contributed by atoms with Crippen LogP contribution in [0, 0.1) is 5.82 Å². The minimum absolute atomic E-state index is 0.290. The summed E-state index contributed by atoms with van der Waals surface area (Å²) in [5, 5.41) is 3.48. The summed E-state index contributed by atoms with van der Waals surface area (Å²) >= 11 is 0. The summed E-state index contributed by atoms with van der Waals surface area (Å²) in [7, 11) is 0. The second-order valence-corrected chi connectivity index (χ2v) is 6.63. The molecule has 1 aromatic heterocycles. The molecule has 3 nitrogen and oxygen atoms in total. The monoisotopic (exact) mass is 348 g/mol. The van der Waals surface area contributed by atoms with Gasteiger partial charge in [-0.3, -0.25) is 4.98 Å². The van der Waals surface area contributed by atoms with Crippen LogP contribution in [-0.4, -0.2) is 11.5 Å². The summed E-state index contributed by atoms with van der Waals surface area (Å²) < 4.78 is 19.2. The molecule has 0 spiro atoms. The van der Waals surface area contributed by atoms with Crippen molar-refractivity contribution in [3.05, 3.63) is 83.9 Å². The zero-order valence-electron chi connectivity index (χ0n) is 14.5. The van der Waals surface area contributed by atoms with Crippen molar-refractivity contribution in [2.75, 3.05) is 11.9 Å². The summed E-state index contributed by atoms with van der Waals surface area (Å²) in [6.45, 7) is 0.892. The second-order valence-electron chi connectivity index (χ2n) is 6.63. The Morgan fingerprint density at radius 3 is 2.85 bits per heavy atom. The Morgan fingerprint density at radius 1 is 1.08 bits per heavy atom. The van der Waals surface area contributed by atoms with Crippen molar-refractivity contribution < 1.29 is 9.13 Å². The van der Waals surface area contributed by atoms with Gasteiger partial charge in [-0.2, -0.15) is 0 Å². The molecular weight excluding hydrogens is 327 g/mol. The molecular formula is C22H21FN2O. The Morgan fingerprint density at radius 2 is 2.00 bits per heavy atom. The Bertz CT molecular complexity index is 882. The standard InChI is InChI=1S/C22H21FN2O/c23-18-6-2-8-20(13-18)26-21-9-10-22-16(12-21)4-1-5-17(22)14-25-19-7-3-11-24-15-19/h2-3,6-13,15,17,25H,1,4-5,14H2. The molecule has 1 heterocycles. The van der Waals surface area contributed by atoms with Crippen molar-refractivity contribution >= 4 is 5.69 Å². The number of aryl methyl sites for hydroxylation is 1. The van der Waals surface area contributed by atoms with Crippen LogP contribution in [-0.2, 0) is 6.42 Å². The van der Waals surface area contributed by atoms with Crippen LogP contribution in [0.5, 0.6) is 11.5 Å². The van der Waals surface area contributed by atoms with E-state index in [1.54, 1.807) is 18.3 Å². The molecule has 0 amide bonds. The molecule has 2 aromatic carbocycles. The first-order chi connectivity index (χ1) is 12.8. The molecule has 0 bridgehead atoms. The zero-order chi connectivity index (χ0) is 17.8. The number of nitrogens with zero attached hydrogens (tertiary/aromatic N) is 1. The van der Waals surface area contributed by atoms with Gasteiger partial charge in [0.2, 0.25) is 0 Å². The third kappa shape index (κ3) is 3.85. The Hall–Kier alpha value is -2.88. The average molecular weight is 348 g/mol. The number of fused-ring (bicyclic) bond motifs is 1. The lowest BCUT2D eigenvalue weighted by molar-refractivity contribution is 0.473. The van der Waals surface area contributed by atoms with Crippen LogP contribution in [0.4, 0.5) is 10.1 Å². The van der Waals surface area contributed by atoms with E-state index in [0.717, 1.165) is 30.8 Å². The fourth-order valence-corrected chi connectivity index (χ4v) is 3.54. The third-order valence-electron chi connectivity index (χ3n) is 4.80. The molecule has 0 fully saturated rings. The number of halogens is 1. The number of hydrogen-bond acceptors (Lipinski definition) is 3. The van der Waals surface area contributed by atoms with Gasteiger partial charge in [0.15, 0.2) is 0 Å². The first kappa shape index (κ1) is 16.6. The number of anilines is 1. The molecule has 1 aliphatic rings. The highest BCUT2D eigenvalue weighted by Crippen LogP contribution is 2.35. The number of pyridine rings is 1. The molecule has 0 radical (unpaired) electrons. The van der Waals surface area contributed by atoms with Crippen molar-refractivity contribution in [3.8, 4) is 11.5 Å². The lowest BCUT2D eigenvalue weighted by Crippen LogP contribution is -2.18. The predicted molar refractivity (Wildman–Crippen MR) is 101 cm³/mol. The Kier molecular flexibility index (Phi) is 4.82. The SMILES string of the molecule is Fc1cccc(Oc2ccc3c(c2)CCCC3CNc2cccnc2)c1. The fraction of sp³-hybridized carbons (Fsp3) is 0.227. The van der Waals surface area contributed by atoms with Gasteiger partial charge in [0.25, 0.3) is 0 Å². The van der Waals surface area contributed by atoms with Crippen LogP contribution in [0.15, 0.2) is 67.0 Å². The summed E-state index contributed by atoms with van der Waals surface area (Å²) in [6.07, 6.45) is 7.01. The Labute approximate surface area is 152 Å². The first-order valence-corrected chi connectivity index (χ1v) is 8.98. The number of ether oxygens (including phenoxy) is 1. The summed E-state index contributed by atoms with van der Waals surface area (Å²) in [6, 6.07) is 16.4. The number of hydrogen-bond donors (Lipinski definition) is 1. The van der Waals surface area contributed by atoms with Crippen molar-refractivity contribution in [1.82, 2.24) is 4.98 Å². The topological polar surface area (TPSA) is 34.1 Å². The number of benzene rings is 2. The number of rotatable bonds is 5. The molecule has 26 heavy (non-hydrogen) atoms. The minimum Gasteiger partial charge on any atom is -0.457 e. The van der Waals surface area contributed by atoms with Gasteiger partial charge in [-0.25, -0.2) is 4.39 Å². The highest BCUT2D eigenvalue weighted by Gasteiger charge is 2.20. The lowest BCUT2D eigenvalue weighted by atomic mass is 9.82. The molecule has 0 aliphatic heterocycles. The molecule has 132 valence electrons. The van der Waals surface area contributed by atoms with E-state index in [1.165, 1.54) is 29.7 Å². The van der Waals surface area contributed by atoms with Gasteiger partial charge in [-0.15, -0.1) is 0 Å². The highest BCUT2D eigenvalue weighted by molar-refractivity contribution is 5.44.